The van der Waals surface area contributed by atoms with Gasteiger partial charge in [-0.25, -0.2) is 0 Å². The van der Waals surface area contributed by atoms with Gasteiger partial charge in [-0.3, -0.25) is 0 Å². The van der Waals surface area contributed by atoms with Crippen molar-refractivity contribution in [3.05, 3.63) is 95.6 Å². The lowest BCUT2D eigenvalue weighted by Crippen LogP contribution is -3.00. The average molecular weight is 369 g/mol. The molecule has 0 aliphatic rings. The van der Waals surface area contributed by atoms with Gasteiger partial charge in [-0.05, 0) is 41.8 Å². The summed E-state index contributed by atoms with van der Waals surface area (Å²) in [7, 11) is 0. The maximum absolute atomic E-state index is 6.03. The molecule has 0 aliphatic carbocycles. The maximum Gasteiger partial charge on any atom is 0.161 e. The van der Waals surface area contributed by atoms with E-state index in [2.05, 4.69) is 0 Å². The zero-order valence-electron chi connectivity index (χ0n) is 14.6. The van der Waals surface area contributed by atoms with Crippen molar-refractivity contribution in [2.45, 2.75) is 19.6 Å². The van der Waals surface area contributed by atoms with Crippen LogP contribution in [0.15, 0.2) is 78.9 Å². The van der Waals surface area contributed by atoms with Crippen LogP contribution in [0, 0.1) is 0 Å². The van der Waals surface area contributed by atoms with Gasteiger partial charge in [0.25, 0.3) is 0 Å². The minimum Gasteiger partial charge on any atom is -1.00 e. The second kappa shape index (κ2) is 10.5. The Bertz CT molecular complexity index is 779. The highest BCUT2D eigenvalue weighted by molar-refractivity contribution is 5.43. The second-order valence-electron chi connectivity index (χ2n) is 5.87. The van der Waals surface area contributed by atoms with E-state index in [4.69, 9.17) is 15.2 Å². The van der Waals surface area contributed by atoms with Crippen molar-refractivity contribution in [3.63, 3.8) is 0 Å². The third kappa shape index (κ3) is 5.80. The molecule has 26 heavy (non-hydrogen) atoms. The van der Waals surface area contributed by atoms with Crippen LogP contribution >= 0.6 is 0 Å². The molecule has 0 bridgehead atoms. The van der Waals surface area contributed by atoms with Gasteiger partial charge >= 0.3 is 0 Å². The Labute approximate surface area is 161 Å². The number of nitrogens with two attached hydrogens (primary N) is 1. The molecule has 3 aromatic rings. The van der Waals surface area contributed by atoms with Gasteiger partial charge in [0.15, 0.2) is 11.5 Å². The first-order chi connectivity index (χ1) is 12.3. The number of ether oxygens (including phenoxy) is 2. The number of hydrogen-bond donors (Lipinski definition) is 1. The summed E-state index contributed by atoms with van der Waals surface area (Å²) in [6.45, 7) is 1.63. The molecule has 0 aromatic heterocycles. The minimum absolute atomic E-state index is 0. The Morgan fingerprint density at radius 2 is 1.15 bits per heavy atom. The van der Waals surface area contributed by atoms with Gasteiger partial charge in [0.2, 0.25) is 0 Å². The number of halogens is 1. The molecule has 0 amide bonds. The van der Waals surface area contributed by atoms with Gasteiger partial charge in [-0.2, -0.15) is 0 Å². The Morgan fingerprint density at radius 1 is 0.615 bits per heavy atom. The van der Waals surface area contributed by atoms with Gasteiger partial charge in [0, 0.05) is 0 Å². The maximum atomic E-state index is 6.03. The van der Waals surface area contributed by atoms with E-state index in [-0.39, 0.29) is 12.4 Å². The Hall–Kier alpha value is -2.49. The summed E-state index contributed by atoms with van der Waals surface area (Å²) in [6.07, 6.45) is 0.820. The molecule has 0 saturated carbocycles. The van der Waals surface area contributed by atoms with Gasteiger partial charge < -0.3 is 27.6 Å². The van der Waals surface area contributed by atoms with E-state index >= 15 is 0 Å². The van der Waals surface area contributed by atoms with E-state index in [1.54, 1.807) is 0 Å². The fourth-order valence-electron chi connectivity index (χ4n) is 2.58. The summed E-state index contributed by atoms with van der Waals surface area (Å²) >= 11 is 0. The quantitative estimate of drug-likeness (QED) is 0.652. The van der Waals surface area contributed by atoms with Crippen molar-refractivity contribution < 1.29 is 21.9 Å². The third-order valence-electron chi connectivity index (χ3n) is 3.92. The van der Waals surface area contributed by atoms with Crippen LogP contribution in [-0.2, 0) is 19.6 Å². The normalized spacial score (nSPS) is 10.0. The van der Waals surface area contributed by atoms with Crippen LogP contribution in [0.25, 0.3) is 0 Å². The van der Waals surface area contributed by atoms with Crippen LogP contribution < -0.4 is 27.6 Å². The topological polar surface area (TPSA) is 44.5 Å². The largest absolute Gasteiger partial charge is 1.00 e. The first kappa shape index (κ1) is 19.8. The molecule has 3 rings (SSSR count). The molecule has 0 unspecified atom stereocenters. The zero-order valence-corrected chi connectivity index (χ0v) is 15.4. The lowest BCUT2D eigenvalue weighted by atomic mass is 10.1. The Morgan fingerprint density at radius 3 is 1.69 bits per heavy atom. The van der Waals surface area contributed by atoms with Gasteiger partial charge in [-0.15, -0.1) is 0 Å². The predicted octanol–water partition coefficient (Wildman–Crippen LogP) is 1.35. The molecule has 2 N–H and O–H groups in total. The van der Waals surface area contributed by atoms with Gasteiger partial charge in [0.05, 0.1) is 0 Å². The lowest BCUT2D eigenvalue weighted by molar-refractivity contribution is -0.00000572. The summed E-state index contributed by atoms with van der Waals surface area (Å²) in [4.78, 5) is 0. The number of benzene rings is 3. The number of rotatable bonds is 8. The highest BCUT2D eigenvalue weighted by atomic mass is 35.5. The highest BCUT2D eigenvalue weighted by Gasteiger charge is 2.08. The molecule has 0 radical (unpaired) electrons. The van der Waals surface area contributed by atoms with E-state index in [0.717, 1.165) is 34.6 Å². The molecule has 3 nitrogen and oxygen atoms in total. The summed E-state index contributed by atoms with van der Waals surface area (Å²) < 4.78 is 12.0. The van der Waals surface area contributed by atoms with Crippen molar-refractivity contribution in [2.24, 2.45) is 5.73 Å². The van der Waals surface area contributed by atoms with Crippen molar-refractivity contribution in [1.29, 1.82) is 0 Å². The molecule has 0 spiro atoms. The standard InChI is InChI=1S/C22H23NO2.ClH/c23-14-13-18-11-12-21(24-16-19-7-3-1-4-8-19)22(15-18)25-17-20-9-5-2-6-10-20;/h1-12,15H,13-14,16-17,23H2;1H/p-1. The first-order valence-corrected chi connectivity index (χ1v) is 8.51. The Balaban J connectivity index is 0.00000243. The SMILES string of the molecule is NCCc1ccc(OCc2ccccc2)c(OCc2ccccc2)c1.[Cl-]. The highest BCUT2D eigenvalue weighted by Crippen LogP contribution is 2.30. The summed E-state index contributed by atoms with van der Waals surface area (Å²) in [6, 6.07) is 26.3. The van der Waals surface area contributed by atoms with Crippen LogP contribution in [0.4, 0.5) is 0 Å². The van der Waals surface area contributed by atoms with Crippen LogP contribution in [0.3, 0.4) is 0 Å². The summed E-state index contributed by atoms with van der Waals surface area (Å²) in [5.74, 6) is 1.51. The fourth-order valence-corrected chi connectivity index (χ4v) is 2.58. The molecule has 0 saturated heterocycles. The zero-order chi connectivity index (χ0) is 17.3. The molecule has 3 aromatic carbocycles. The molecular weight excluding hydrogens is 346 g/mol. The van der Waals surface area contributed by atoms with Crippen molar-refractivity contribution in [3.8, 4) is 11.5 Å². The van der Waals surface area contributed by atoms with E-state index in [9.17, 15) is 0 Å². The van der Waals surface area contributed by atoms with E-state index in [1.807, 2.05) is 78.9 Å². The van der Waals surface area contributed by atoms with Gasteiger partial charge in [0.1, 0.15) is 13.2 Å². The third-order valence-corrected chi connectivity index (χ3v) is 3.92. The molecule has 136 valence electrons. The summed E-state index contributed by atoms with van der Waals surface area (Å²) in [5, 5.41) is 0. The fraction of sp³-hybridized carbons (Fsp3) is 0.182. The van der Waals surface area contributed by atoms with Crippen LogP contribution in [0.1, 0.15) is 16.7 Å². The molecule has 0 aliphatic heterocycles. The number of hydrogen-bond acceptors (Lipinski definition) is 3. The van der Waals surface area contributed by atoms with E-state index in [0.29, 0.717) is 19.8 Å². The lowest BCUT2D eigenvalue weighted by Gasteiger charge is -2.14. The van der Waals surface area contributed by atoms with Crippen LogP contribution in [0.2, 0.25) is 0 Å². The van der Waals surface area contributed by atoms with Crippen molar-refractivity contribution in [2.75, 3.05) is 6.54 Å². The molecule has 0 fully saturated rings. The Kier molecular flexibility index (Phi) is 8.00. The van der Waals surface area contributed by atoms with Crippen LogP contribution in [-0.4, -0.2) is 6.54 Å². The second-order valence-corrected chi connectivity index (χ2v) is 5.87. The summed E-state index contributed by atoms with van der Waals surface area (Å²) in [5.41, 5.74) is 9.08. The van der Waals surface area contributed by atoms with E-state index < -0.39 is 0 Å². The van der Waals surface area contributed by atoms with Gasteiger partial charge in [-0.1, -0.05) is 66.7 Å². The van der Waals surface area contributed by atoms with Crippen molar-refractivity contribution in [1.82, 2.24) is 0 Å². The smallest absolute Gasteiger partial charge is 0.161 e. The average Bonchev–Trinajstić information content (AvgIpc) is 2.67. The molecule has 0 heterocycles. The predicted molar refractivity (Wildman–Crippen MR) is 101 cm³/mol. The molecule has 4 heteroatoms. The minimum atomic E-state index is 0. The van der Waals surface area contributed by atoms with E-state index in [1.165, 1.54) is 0 Å². The first-order valence-electron chi connectivity index (χ1n) is 8.51. The molecule has 0 atom stereocenters. The van der Waals surface area contributed by atoms with Crippen LogP contribution in [0.5, 0.6) is 11.5 Å². The van der Waals surface area contributed by atoms with Crippen molar-refractivity contribution >= 4 is 0 Å². The monoisotopic (exact) mass is 368 g/mol. The molecular formula is C22H23ClNO2-.